The fourth-order valence-corrected chi connectivity index (χ4v) is 2.64. The van der Waals surface area contributed by atoms with Crippen molar-refractivity contribution in [1.82, 2.24) is 0 Å². The van der Waals surface area contributed by atoms with E-state index in [9.17, 15) is 24.6 Å². The molecule has 0 aliphatic carbocycles. The number of nitro groups is 1. The van der Waals surface area contributed by atoms with Gasteiger partial charge in [-0.15, -0.1) is 0 Å². The number of hydrogen-bond acceptors (Lipinski definition) is 5. The van der Waals surface area contributed by atoms with Crippen LogP contribution in [0.5, 0.6) is 5.75 Å². The van der Waals surface area contributed by atoms with Gasteiger partial charge in [0, 0.05) is 23.4 Å². The van der Waals surface area contributed by atoms with E-state index in [1.54, 1.807) is 36.4 Å². The second-order valence-electron chi connectivity index (χ2n) is 6.38. The standard InChI is InChI=1S/C23H16FN3O4/c24-19-7-9-20(10-8-19)26-23(28)18(14-25)13-17-3-1-2-4-22(17)31-15-16-5-11-21(12-6-16)27(29)30/h1-13H,15H2,(H,26,28)/b18-13+. The number of nitrogens with one attached hydrogen (secondary N) is 1. The molecule has 0 heterocycles. The molecule has 0 aliphatic rings. The van der Waals surface area contributed by atoms with Gasteiger partial charge in [-0.05, 0) is 54.1 Å². The zero-order chi connectivity index (χ0) is 22.2. The topological polar surface area (TPSA) is 105 Å². The van der Waals surface area contributed by atoms with Gasteiger partial charge in [0.05, 0.1) is 4.92 Å². The molecule has 3 aromatic carbocycles. The lowest BCUT2D eigenvalue weighted by molar-refractivity contribution is -0.384. The Balaban J connectivity index is 1.75. The molecular formula is C23H16FN3O4. The van der Waals surface area contributed by atoms with Gasteiger partial charge < -0.3 is 10.1 Å². The number of ether oxygens (including phenoxy) is 1. The summed E-state index contributed by atoms with van der Waals surface area (Å²) in [7, 11) is 0. The second kappa shape index (κ2) is 9.80. The van der Waals surface area contributed by atoms with Crippen LogP contribution in [0.4, 0.5) is 15.8 Å². The van der Waals surface area contributed by atoms with E-state index in [0.29, 0.717) is 17.0 Å². The SMILES string of the molecule is N#C/C(=C\c1ccccc1OCc1ccc([N+](=O)[O-])cc1)C(=O)Nc1ccc(F)cc1. The average Bonchev–Trinajstić information content (AvgIpc) is 2.78. The number of nitro benzene ring substituents is 1. The monoisotopic (exact) mass is 417 g/mol. The lowest BCUT2D eigenvalue weighted by atomic mass is 10.1. The largest absolute Gasteiger partial charge is 0.488 e. The van der Waals surface area contributed by atoms with Crippen molar-refractivity contribution >= 4 is 23.4 Å². The predicted octanol–water partition coefficient (Wildman–Crippen LogP) is 4.86. The summed E-state index contributed by atoms with van der Waals surface area (Å²) in [4.78, 5) is 22.7. The number of benzene rings is 3. The van der Waals surface area contributed by atoms with E-state index >= 15 is 0 Å². The third-order valence-electron chi connectivity index (χ3n) is 4.23. The number of para-hydroxylation sites is 1. The minimum atomic E-state index is -0.640. The number of halogens is 1. The van der Waals surface area contributed by atoms with Gasteiger partial charge in [0.15, 0.2) is 0 Å². The Kier molecular flexibility index (Phi) is 6.71. The highest BCUT2D eigenvalue weighted by atomic mass is 19.1. The maximum absolute atomic E-state index is 13.0. The maximum Gasteiger partial charge on any atom is 0.269 e. The summed E-state index contributed by atoms with van der Waals surface area (Å²) in [6.45, 7) is 0.145. The first kappa shape index (κ1) is 21.2. The van der Waals surface area contributed by atoms with E-state index in [4.69, 9.17) is 4.74 Å². The quantitative estimate of drug-likeness (QED) is 0.256. The van der Waals surface area contributed by atoms with Crippen LogP contribution in [0.2, 0.25) is 0 Å². The molecule has 0 bridgehead atoms. The molecular weight excluding hydrogens is 401 g/mol. The van der Waals surface area contributed by atoms with Crippen LogP contribution < -0.4 is 10.1 Å². The Morgan fingerprint density at radius 2 is 1.77 bits per heavy atom. The Labute approximate surface area is 177 Å². The molecule has 1 N–H and O–H groups in total. The molecule has 0 aliphatic heterocycles. The number of hydrogen-bond donors (Lipinski definition) is 1. The van der Waals surface area contributed by atoms with Crippen molar-refractivity contribution in [3.8, 4) is 11.8 Å². The van der Waals surface area contributed by atoms with Crippen molar-refractivity contribution in [2.75, 3.05) is 5.32 Å². The van der Waals surface area contributed by atoms with Gasteiger partial charge in [-0.2, -0.15) is 5.26 Å². The Bertz CT molecular complexity index is 1170. The third-order valence-corrected chi connectivity index (χ3v) is 4.23. The summed E-state index contributed by atoms with van der Waals surface area (Å²) in [5, 5.41) is 22.7. The Morgan fingerprint density at radius 3 is 2.42 bits per heavy atom. The molecule has 0 saturated carbocycles. The average molecular weight is 417 g/mol. The number of nitrogens with zero attached hydrogens (tertiary/aromatic N) is 2. The van der Waals surface area contributed by atoms with Gasteiger partial charge in [0.2, 0.25) is 0 Å². The highest BCUT2D eigenvalue weighted by Crippen LogP contribution is 2.23. The first-order valence-electron chi connectivity index (χ1n) is 9.10. The Hall–Kier alpha value is -4.51. The van der Waals surface area contributed by atoms with E-state index in [2.05, 4.69) is 5.32 Å². The number of anilines is 1. The molecule has 0 spiro atoms. The molecule has 0 radical (unpaired) electrons. The first-order chi connectivity index (χ1) is 15.0. The highest BCUT2D eigenvalue weighted by Gasteiger charge is 2.12. The molecule has 0 atom stereocenters. The van der Waals surface area contributed by atoms with Crippen LogP contribution in [0.3, 0.4) is 0 Å². The van der Waals surface area contributed by atoms with Crippen molar-refractivity contribution in [1.29, 1.82) is 5.26 Å². The van der Waals surface area contributed by atoms with Crippen molar-refractivity contribution in [2.45, 2.75) is 6.61 Å². The minimum Gasteiger partial charge on any atom is -0.488 e. The minimum absolute atomic E-state index is 0.0158. The van der Waals surface area contributed by atoms with Crippen molar-refractivity contribution in [3.63, 3.8) is 0 Å². The third kappa shape index (κ3) is 5.74. The Morgan fingerprint density at radius 1 is 1.10 bits per heavy atom. The zero-order valence-electron chi connectivity index (χ0n) is 16.1. The molecule has 31 heavy (non-hydrogen) atoms. The van der Waals surface area contributed by atoms with Gasteiger partial charge in [0.1, 0.15) is 29.8 Å². The van der Waals surface area contributed by atoms with Crippen LogP contribution in [0.25, 0.3) is 6.08 Å². The van der Waals surface area contributed by atoms with Crippen LogP contribution in [-0.2, 0) is 11.4 Å². The number of carbonyl (C=O) groups is 1. The molecule has 1 amide bonds. The first-order valence-corrected chi connectivity index (χ1v) is 9.10. The lowest BCUT2D eigenvalue weighted by Crippen LogP contribution is -2.13. The summed E-state index contributed by atoms with van der Waals surface area (Å²) in [5.41, 5.74) is 1.41. The van der Waals surface area contributed by atoms with Crippen molar-refractivity contribution in [3.05, 3.63) is 105 Å². The van der Waals surface area contributed by atoms with Gasteiger partial charge in [-0.3, -0.25) is 14.9 Å². The summed E-state index contributed by atoms with van der Waals surface area (Å²) >= 11 is 0. The number of nitriles is 1. The molecule has 0 unspecified atom stereocenters. The van der Waals surface area contributed by atoms with Crippen LogP contribution in [-0.4, -0.2) is 10.8 Å². The van der Waals surface area contributed by atoms with Crippen LogP contribution in [0.1, 0.15) is 11.1 Å². The van der Waals surface area contributed by atoms with Gasteiger partial charge in [-0.25, -0.2) is 4.39 Å². The summed E-state index contributed by atoms with van der Waals surface area (Å²) in [6.07, 6.45) is 1.39. The molecule has 0 aromatic heterocycles. The van der Waals surface area contributed by atoms with Gasteiger partial charge in [0.25, 0.3) is 11.6 Å². The number of rotatable bonds is 7. The molecule has 0 saturated heterocycles. The van der Waals surface area contributed by atoms with Gasteiger partial charge in [-0.1, -0.05) is 18.2 Å². The fraction of sp³-hybridized carbons (Fsp3) is 0.0435. The smallest absolute Gasteiger partial charge is 0.269 e. The van der Waals surface area contributed by atoms with Gasteiger partial charge >= 0.3 is 0 Å². The predicted molar refractivity (Wildman–Crippen MR) is 112 cm³/mol. The lowest BCUT2D eigenvalue weighted by Gasteiger charge is -2.10. The van der Waals surface area contributed by atoms with Crippen LogP contribution >= 0.6 is 0 Å². The van der Waals surface area contributed by atoms with E-state index in [-0.39, 0.29) is 17.9 Å². The molecule has 0 fully saturated rings. The molecule has 3 rings (SSSR count). The summed E-state index contributed by atoms with van der Waals surface area (Å²) in [5.74, 6) is -0.643. The number of non-ortho nitro benzene ring substituents is 1. The number of carbonyl (C=O) groups excluding carboxylic acids is 1. The molecule has 154 valence electrons. The van der Waals surface area contributed by atoms with Crippen LogP contribution in [0.15, 0.2) is 78.4 Å². The van der Waals surface area contributed by atoms with E-state index in [1.165, 1.54) is 42.5 Å². The zero-order valence-corrected chi connectivity index (χ0v) is 16.1. The maximum atomic E-state index is 13.0. The summed E-state index contributed by atoms with van der Waals surface area (Å²) < 4.78 is 18.8. The molecule has 3 aromatic rings. The van der Waals surface area contributed by atoms with E-state index < -0.39 is 16.6 Å². The second-order valence-corrected chi connectivity index (χ2v) is 6.38. The highest BCUT2D eigenvalue weighted by molar-refractivity contribution is 6.09. The van der Waals surface area contributed by atoms with Crippen LogP contribution in [0, 0.1) is 27.3 Å². The summed E-state index contributed by atoms with van der Waals surface area (Å²) in [6, 6.07) is 19.8. The normalized spacial score (nSPS) is 10.8. The fourth-order valence-electron chi connectivity index (χ4n) is 2.64. The molecule has 7 nitrogen and oxygen atoms in total. The molecule has 8 heteroatoms. The number of amides is 1. The van der Waals surface area contributed by atoms with E-state index in [1.807, 2.05) is 6.07 Å². The van der Waals surface area contributed by atoms with Crippen molar-refractivity contribution < 1.29 is 18.8 Å². The van der Waals surface area contributed by atoms with Crippen molar-refractivity contribution in [2.24, 2.45) is 0 Å². The van der Waals surface area contributed by atoms with E-state index in [0.717, 1.165) is 5.56 Å².